The number of carbonyl (C=O) groups is 1. The molecule has 2 amide bonds. The van der Waals surface area contributed by atoms with E-state index in [2.05, 4.69) is 10.6 Å². The maximum atomic E-state index is 13.2. The summed E-state index contributed by atoms with van der Waals surface area (Å²) < 4.78 is 18.3. The number of carbonyl (C=O) groups excluding carboxylic acids is 1. The minimum Gasteiger partial charge on any atom is -0.494 e. The lowest BCUT2D eigenvalue weighted by atomic mass is 9.72. The zero-order valence-electron chi connectivity index (χ0n) is 12.9. The van der Waals surface area contributed by atoms with Gasteiger partial charge in [-0.3, -0.25) is 0 Å². The molecule has 0 bridgehead atoms. The smallest absolute Gasteiger partial charge is 0.320 e. The zero-order valence-corrected chi connectivity index (χ0v) is 12.9. The highest BCUT2D eigenvalue weighted by Crippen LogP contribution is 2.41. The van der Waals surface area contributed by atoms with Gasteiger partial charge >= 0.3 is 6.03 Å². The molecule has 2 aromatic carbocycles. The van der Waals surface area contributed by atoms with Crippen molar-refractivity contribution in [3.63, 3.8) is 0 Å². The van der Waals surface area contributed by atoms with Gasteiger partial charge < -0.3 is 15.4 Å². The molecule has 1 aliphatic rings. The van der Waals surface area contributed by atoms with Gasteiger partial charge in [0.2, 0.25) is 0 Å². The van der Waals surface area contributed by atoms with Gasteiger partial charge in [-0.05, 0) is 37.0 Å². The van der Waals surface area contributed by atoms with Gasteiger partial charge in [-0.2, -0.15) is 0 Å². The van der Waals surface area contributed by atoms with Crippen molar-refractivity contribution in [1.29, 1.82) is 0 Å². The maximum absolute atomic E-state index is 13.2. The van der Waals surface area contributed by atoms with Gasteiger partial charge in [-0.25, -0.2) is 9.18 Å². The van der Waals surface area contributed by atoms with Crippen molar-refractivity contribution in [3.8, 4) is 5.75 Å². The predicted octanol–water partition coefficient (Wildman–Crippen LogP) is 4.04. The molecule has 0 unspecified atom stereocenters. The average Bonchev–Trinajstić information content (AvgIpc) is 2.53. The molecule has 0 atom stereocenters. The first-order valence-corrected chi connectivity index (χ1v) is 7.61. The molecule has 120 valence electrons. The highest BCUT2D eigenvalue weighted by Gasteiger charge is 2.40. The van der Waals surface area contributed by atoms with E-state index in [1.165, 1.54) is 25.3 Å². The lowest BCUT2D eigenvalue weighted by molar-refractivity contribution is 0.185. The van der Waals surface area contributed by atoms with E-state index < -0.39 is 5.82 Å². The van der Waals surface area contributed by atoms with Crippen LogP contribution in [0.25, 0.3) is 0 Å². The summed E-state index contributed by atoms with van der Waals surface area (Å²) in [6, 6.07) is 13.6. The molecule has 5 heteroatoms. The second-order valence-electron chi connectivity index (χ2n) is 5.73. The fourth-order valence-electron chi connectivity index (χ4n) is 2.91. The normalized spacial score (nSPS) is 15.4. The van der Waals surface area contributed by atoms with Gasteiger partial charge in [0, 0.05) is 6.07 Å². The van der Waals surface area contributed by atoms with Crippen molar-refractivity contribution in [1.82, 2.24) is 5.32 Å². The fraction of sp³-hybridized carbons (Fsp3) is 0.278. The molecule has 2 N–H and O–H groups in total. The molecule has 23 heavy (non-hydrogen) atoms. The Morgan fingerprint density at radius 1 is 1.17 bits per heavy atom. The Morgan fingerprint density at radius 2 is 1.91 bits per heavy atom. The predicted molar refractivity (Wildman–Crippen MR) is 87.1 cm³/mol. The number of rotatable bonds is 4. The van der Waals surface area contributed by atoms with Crippen LogP contribution in [0.2, 0.25) is 0 Å². The van der Waals surface area contributed by atoms with Crippen molar-refractivity contribution in [2.45, 2.75) is 24.8 Å². The molecule has 4 nitrogen and oxygen atoms in total. The Kier molecular flexibility index (Phi) is 4.19. The van der Waals surface area contributed by atoms with Crippen LogP contribution in [0.4, 0.5) is 14.9 Å². The van der Waals surface area contributed by atoms with Gasteiger partial charge in [0.15, 0.2) is 0 Å². The first-order valence-electron chi connectivity index (χ1n) is 7.61. The van der Waals surface area contributed by atoms with Crippen LogP contribution in [0, 0.1) is 5.82 Å². The topological polar surface area (TPSA) is 50.4 Å². The van der Waals surface area contributed by atoms with Gasteiger partial charge in [0.05, 0.1) is 18.3 Å². The lowest BCUT2D eigenvalue weighted by Gasteiger charge is -2.43. The van der Waals surface area contributed by atoms with Gasteiger partial charge in [0.1, 0.15) is 11.6 Å². The van der Waals surface area contributed by atoms with Crippen molar-refractivity contribution in [3.05, 3.63) is 59.9 Å². The van der Waals surface area contributed by atoms with E-state index in [-0.39, 0.29) is 11.6 Å². The number of benzene rings is 2. The molecule has 0 heterocycles. The Balaban J connectivity index is 1.74. The van der Waals surface area contributed by atoms with Crippen LogP contribution in [0.5, 0.6) is 5.75 Å². The van der Waals surface area contributed by atoms with E-state index in [0.29, 0.717) is 11.4 Å². The number of amides is 2. The molecule has 0 radical (unpaired) electrons. The van der Waals surface area contributed by atoms with E-state index in [0.717, 1.165) is 24.8 Å². The Morgan fingerprint density at radius 3 is 2.52 bits per heavy atom. The number of methoxy groups -OCH3 is 1. The highest BCUT2D eigenvalue weighted by atomic mass is 19.1. The summed E-state index contributed by atoms with van der Waals surface area (Å²) in [5, 5.41) is 5.80. The molecule has 3 rings (SSSR count). The lowest BCUT2D eigenvalue weighted by Crippen LogP contribution is -2.52. The van der Waals surface area contributed by atoms with Crippen molar-refractivity contribution in [2.75, 3.05) is 12.4 Å². The molecule has 0 aromatic heterocycles. The van der Waals surface area contributed by atoms with Gasteiger partial charge in [-0.15, -0.1) is 0 Å². The maximum Gasteiger partial charge on any atom is 0.320 e. The van der Waals surface area contributed by atoms with E-state index in [1.54, 1.807) is 0 Å². The molecule has 1 fully saturated rings. The third-order valence-corrected chi connectivity index (χ3v) is 4.30. The minimum absolute atomic E-state index is 0.294. The summed E-state index contributed by atoms with van der Waals surface area (Å²) in [7, 11) is 1.44. The van der Waals surface area contributed by atoms with Crippen LogP contribution >= 0.6 is 0 Å². The monoisotopic (exact) mass is 314 g/mol. The van der Waals surface area contributed by atoms with E-state index in [1.807, 2.05) is 30.3 Å². The average molecular weight is 314 g/mol. The summed E-state index contributed by atoms with van der Waals surface area (Å²) in [5.74, 6) is -0.116. The molecular weight excluding hydrogens is 295 g/mol. The standard InChI is InChI=1S/C18H19FN2O2/c1-23-16-12-14(19)8-9-15(16)20-17(22)21-18(10-5-11-18)13-6-3-2-4-7-13/h2-4,6-9,12H,5,10-11H2,1H3,(H2,20,21,22). The fourth-order valence-corrected chi connectivity index (χ4v) is 2.91. The molecule has 1 saturated carbocycles. The van der Waals surface area contributed by atoms with Crippen LogP contribution < -0.4 is 15.4 Å². The molecular formula is C18H19FN2O2. The van der Waals surface area contributed by atoms with Crippen molar-refractivity contribution in [2.24, 2.45) is 0 Å². The molecule has 1 aliphatic carbocycles. The number of nitrogens with one attached hydrogen (secondary N) is 2. The number of hydrogen-bond donors (Lipinski definition) is 2. The van der Waals surface area contributed by atoms with Gasteiger partial charge in [0.25, 0.3) is 0 Å². The van der Waals surface area contributed by atoms with Crippen LogP contribution in [0.15, 0.2) is 48.5 Å². The Hall–Kier alpha value is -2.56. The summed E-state index contributed by atoms with van der Waals surface area (Å²) in [6.45, 7) is 0. The molecule has 0 spiro atoms. The molecule has 0 saturated heterocycles. The van der Waals surface area contributed by atoms with Crippen LogP contribution in [0.1, 0.15) is 24.8 Å². The summed E-state index contributed by atoms with van der Waals surface area (Å²) >= 11 is 0. The first kappa shape index (κ1) is 15.3. The third-order valence-electron chi connectivity index (χ3n) is 4.30. The summed E-state index contributed by atoms with van der Waals surface area (Å²) in [6.07, 6.45) is 2.89. The Labute approximate surface area is 134 Å². The van der Waals surface area contributed by atoms with E-state index in [9.17, 15) is 9.18 Å². The molecule has 0 aliphatic heterocycles. The van der Waals surface area contributed by atoms with Crippen LogP contribution in [0.3, 0.4) is 0 Å². The number of hydrogen-bond acceptors (Lipinski definition) is 2. The van der Waals surface area contributed by atoms with Gasteiger partial charge in [-0.1, -0.05) is 30.3 Å². The van der Waals surface area contributed by atoms with Crippen LogP contribution in [-0.2, 0) is 5.54 Å². The minimum atomic E-state index is -0.410. The third kappa shape index (κ3) is 3.13. The Bertz CT molecular complexity index is 699. The first-order chi connectivity index (χ1) is 11.1. The van der Waals surface area contributed by atoms with Crippen LogP contribution in [-0.4, -0.2) is 13.1 Å². The second kappa shape index (κ2) is 6.28. The second-order valence-corrected chi connectivity index (χ2v) is 5.73. The molecule has 2 aromatic rings. The van der Waals surface area contributed by atoms with E-state index in [4.69, 9.17) is 4.74 Å². The van der Waals surface area contributed by atoms with Crippen molar-refractivity contribution < 1.29 is 13.9 Å². The van der Waals surface area contributed by atoms with E-state index >= 15 is 0 Å². The largest absolute Gasteiger partial charge is 0.494 e. The SMILES string of the molecule is COc1cc(F)ccc1NC(=O)NC1(c2ccccc2)CCC1. The van der Waals surface area contributed by atoms with Crippen molar-refractivity contribution >= 4 is 11.7 Å². The zero-order chi connectivity index (χ0) is 16.3. The number of ether oxygens (including phenoxy) is 1. The number of anilines is 1. The quantitative estimate of drug-likeness (QED) is 0.895. The number of urea groups is 1. The highest BCUT2D eigenvalue weighted by molar-refractivity contribution is 5.91. The summed E-state index contributed by atoms with van der Waals surface area (Å²) in [4.78, 5) is 12.4. The number of halogens is 1. The summed E-state index contributed by atoms with van der Waals surface area (Å²) in [5.41, 5.74) is 1.22.